The number of amides is 1. The molecule has 5 rings (SSSR count). The van der Waals surface area contributed by atoms with Crippen molar-refractivity contribution in [2.75, 3.05) is 24.0 Å². The quantitative estimate of drug-likeness (QED) is 0.646. The van der Waals surface area contributed by atoms with Gasteiger partial charge >= 0.3 is 5.97 Å². The molecule has 2 heterocycles. The molecule has 1 aliphatic carbocycles. The standard InChI is InChI=1S/C29H31N3O4/c1-16-11-17(2)13-18(12-16)32-21-14-28(3,4)15-22(33)23(21)29(24(25(32)30)26(34)36-6)19-9-7-8-10-20(19)31(5)27(29)35/h7-13H,14-15,30H2,1-6H3. The fourth-order valence-electron chi connectivity index (χ4n) is 6.26. The van der Waals surface area contributed by atoms with Crippen LogP contribution in [-0.2, 0) is 24.5 Å². The second-order valence-electron chi connectivity index (χ2n) is 10.8. The summed E-state index contributed by atoms with van der Waals surface area (Å²) in [5.41, 5.74) is 9.80. The van der Waals surface area contributed by atoms with Crippen LogP contribution in [0.1, 0.15) is 43.4 Å². The summed E-state index contributed by atoms with van der Waals surface area (Å²) in [7, 11) is 2.93. The van der Waals surface area contributed by atoms with Gasteiger partial charge in [-0.05, 0) is 55.0 Å². The van der Waals surface area contributed by atoms with Gasteiger partial charge in [-0.15, -0.1) is 0 Å². The maximum absolute atomic E-state index is 14.3. The van der Waals surface area contributed by atoms with Gasteiger partial charge in [0, 0.05) is 41.7 Å². The van der Waals surface area contributed by atoms with Crippen molar-refractivity contribution in [2.45, 2.75) is 46.0 Å². The van der Waals surface area contributed by atoms with Crippen molar-refractivity contribution in [3.8, 4) is 0 Å². The lowest BCUT2D eigenvalue weighted by Crippen LogP contribution is -2.55. The Bertz CT molecular complexity index is 1400. The van der Waals surface area contributed by atoms with Crippen molar-refractivity contribution in [1.82, 2.24) is 0 Å². The molecule has 1 unspecified atom stereocenters. The van der Waals surface area contributed by atoms with Gasteiger partial charge in [-0.3, -0.25) is 14.5 Å². The molecule has 2 aromatic carbocycles. The number of nitrogens with zero attached hydrogens (tertiary/aromatic N) is 2. The van der Waals surface area contributed by atoms with Crippen molar-refractivity contribution in [1.29, 1.82) is 0 Å². The number of allylic oxidation sites excluding steroid dienone is 1. The van der Waals surface area contributed by atoms with Crippen LogP contribution in [0.2, 0.25) is 0 Å². The molecule has 186 valence electrons. The van der Waals surface area contributed by atoms with Crippen molar-refractivity contribution in [2.24, 2.45) is 11.1 Å². The number of rotatable bonds is 2. The Morgan fingerprint density at radius 3 is 2.31 bits per heavy atom. The van der Waals surface area contributed by atoms with E-state index >= 15 is 0 Å². The lowest BCUT2D eigenvalue weighted by atomic mass is 9.60. The fraction of sp³-hybridized carbons (Fsp3) is 0.345. The maximum atomic E-state index is 14.3. The van der Waals surface area contributed by atoms with Gasteiger partial charge in [0.05, 0.1) is 7.11 Å². The first kappa shape index (κ1) is 23.9. The van der Waals surface area contributed by atoms with E-state index in [1.165, 1.54) is 12.0 Å². The number of esters is 1. The van der Waals surface area contributed by atoms with Crippen LogP contribution in [0.15, 0.2) is 65.1 Å². The van der Waals surface area contributed by atoms with E-state index in [0.29, 0.717) is 28.9 Å². The second-order valence-corrected chi connectivity index (χ2v) is 10.8. The highest BCUT2D eigenvalue weighted by Crippen LogP contribution is 2.58. The summed E-state index contributed by atoms with van der Waals surface area (Å²) in [5, 5.41) is 0. The number of likely N-dealkylation sites (N-methyl/N-ethyl adjacent to an activating group) is 1. The summed E-state index contributed by atoms with van der Waals surface area (Å²) in [6.45, 7) is 8.04. The zero-order valence-corrected chi connectivity index (χ0v) is 21.6. The second kappa shape index (κ2) is 7.82. The molecule has 2 aliphatic heterocycles. The van der Waals surface area contributed by atoms with Gasteiger partial charge in [0.15, 0.2) is 5.78 Å². The summed E-state index contributed by atoms with van der Waals surface area (Å²) < 4.78 is 5.22. The zero-order valence-electron chi connectivity index (χ0n) is 21.6. The number of anilines is 2. The van der Waals surface area contributed by atoms with Gasteiger partial charge in [-0.25, -0.2) is 4.79 Å². The number of ketones is 1. The molecule has 0 radical (unpaired) electrons. The molecule has 1 amide bonds. The first-order chi connectivity index (χ1) is 16.9. The molecular formula is C29H31N3O4. The van der Waals surface area contributed by atoms with Gasteiger partial charge in [0.1, 0.15) is 16.8 Å². The summed E-state index contributed by atoms with van der Waals surface area (Å²) >= 11 is 0. The Balaban J connectivity index is 1.96. The molecule has 0 saturated carbocycles. The van der Waals surface area contributed by atoms with Crippen LogP contribution in [0.5, 0.6) is 0 Å². The largest absolute Gasteiger partial charge is 0.466 e. The number of hydrogen-bond donors (Lipinski definition) is 1. The highest BCUT2D eigenvalue weighted by Gasteiger charge is 2.64. The van der Waals surface area contributed by atoms with Crippen LogP contribution in [0.25, 0.3) is 0 Å². The minimum Gasteiger partial charge on any atom is -0.466 e. The van der Waals surface area contributed by atoms with E-state index in [1.54, 1.807) is 18.0 Å². The third-order valence-corrected chi connectivity index (χ3v) is 7.52. The molecule has 2 aromatic rings. The van der Waals surface area contributed by atoms with Crippen LogP contribution < -0.4 is 15.5 Å². The lowest BCUT2D eigenvalue weighted by Gasteiger charge is -2.47. The molecule has 7 heteroatoms. The average molecular weight is 486 g/mol. The molecule has 3 aliphatic rings. The number of benzene rings is 2. The third-order valence-electron chi connectivity index (χ3n) is 7.52. The average Bonchev–Trinajstić information content (AvgIpc) is 3.00. The van der Waals surface area contributed by atoms with E-state index in [9.17, 15) is 14.4 Å². The number of fused-ring (bicyclic) bond motifs is 3. The molecule has 0 saturated heterocycles. The summed E-state index contributed by atoms with van der Waals surface area (Å²) in [5.74, 6) is -1.17. The number of methoxy groups -OCH3 is 1. The molecule has 2 N–H and O–H groups in total. The predicted molar refractivity (Wildman–Crippen MR) is 138 cm³/mol. The molecule has 36 heavy (non-hydrogen) atoms. The Kier molecular flexibility index (Phi) is 5.18. The Hall–Kier alpha value is -3.87. The van der Waals surface area contributed by atoms with Crippen molar-refractivity contribution < 1.29 is 19.1 Å². The maximum Gasteiger partial charge on any atom is 0.339 e. The van der Waals surface area contributed by atoms with E-state index in [0.717, 1.165) is 16.8 Å². The summed E-state index contributed by atoms with van der Waals surface area (Å²) in [4.78, 5) is 45.2. The Morgan fingerprint density at radius 1 is 1.03 bits per heavy atom. The normalized spacial score (nSPS) is 22.8. The summed E-state index contributed by atoms with van der Waals surface area (Å²) in [6, 6.07) is 13.3. The molecule has 0 fully saturated rings. The minimum atomic E-state index is -1.67. The van der Waals surface area contributed by atoms with Crippen LogP contribution in [0, 0.1) is 19.3 Å². The van der Waals surface area contributed by atoms with E-state index in [1.807, 2.05) is 64.1 Å². The number of ether oxygens (including phenoxy) is 1. The number of para-hydroxylation sites is 1. The smallest absolute Gasteiger partial charge is 0.339 e. The van der Waals surface area contributed by atoms with Crippen LogP contribution in [-0.4, -0.2) is 31.8 Å². The SMILES string of the molecule is COC(=O)C1=C(N)N(c2cc(C)cc(C)c2)C2=C(C(=O)CC(C)(C)C2)C12C(=O)N(C)c1ccccc12. The Labute approximate surface area is 211 Å². The first-order valence-electron chi connectivity index (χ1n) is 12.1. The highest BCUT2D eigenvalue weighted by atomic mass is 16.5. The molecule has 0 aromatic heterocycles. The van der Waals surface area contributed by atoms with Gasteiger partial charge in [0.2, 0.25) is 5.91 Å². The van der Waals surface area contributed by atoms with E-state index < -0.39 is 11.4 Å². The number of carbonyl (C=O) groups is 3. The van der Waals surface area contributed by atoms with Gasteiger partial charge in [-0.2, -0.15) is 0 Å². The van der Waals surface area contributed by atoms with E-state index in [4.69, 9.17) is 10.5 Å². The molecular weight excluding hydrogens is 454 g/mol. The molecule has 1 spiro atoms. The van der Waals surface area contributed by atoms with Crippen LogP contribution in [0.3, 0.4) is 0 Å². The van der Waals surface area contributed by atoms with Gasteiger partial charge in [0.25, 0.3) is 0 Å². The minimum absolute atomic E-state index is 0.0160. The number of Topliss-reactive ketones (excluding diaryl/α,β-unsaturated/α-hetero) is 1. The number of aryl methyl sites for hydroxylation is 2. The lowest BCUT2D eigenvalue weighted by molar-refractivity contribution is -0.138. The number of nitrogens with two attached hydrogens (primary N) is 1. The van der Waals surface area contributed by atoms with Gasteiger partial charge < -0.3 is 15.4 Å². The predicted octanol–water partition coefficient (Wildman–Crippen LogP) is 4.02. The Morgan fingerprint density at radius 2 is 1.67 bits per heavy atom. The fourth-order valence-corrected chi connectivity index (χ4v) is 6.26. The number of carbonyl (C=O) groups excluding carboxylic acids is 3. The highest BCUT2D eigenvalue weighted by molar-refractivity contribution is 6.24. The first-order valence-corrected chi connectivity index (χ1v) is 12.1. The molecule has 7 nitrogen and oxygen atoms in total. The third kappa shape index (κ3) is 3.08. The monoisotopic (exact) mass is 485 g/mol. The molecule has 0 bridgehead atoms. The van der Waals surface area contributed by atoms with E-state index in [-0.39, 0.29) is 34.9 Å². The molecule has 1 atom stereocenters. The summed E-state index contributed by atoms with van der Waals surface area (Å²) in [6.07, 6.45) is 0.763. The van der Waals surface area contributed by atoms with Crippen molar-refractivity contribution in [3.05, 3.63) is 81.8 Å². The van der Waals surface area contributed by atoms with Crippen molar-refractivity contribution >= 4 is 29.0 Å². The zero-order chi connectivity index (χ0) is 26.2. The van der Waals surface area contributed by atoms with Crippen molar-refractivity contribution in [3.63, 3.8) is 0 Å². The van der Waals surface area contributed by atoms with E-state index in [2.05, 4.69) is 0 Å². The van der Waals surface area contributed by atoms with Gasteiger partial charge in [-0.1, -0.05) is 38.1 Å². The topological polar surface area (TPSA) is 92.9 Å². The number of hydrogen-bond acceptors (Lipinski definition) is 6. The van der Waals surface area contributed by atoms with Crippen LogP contribution >= 0.6 is 0 Å². The van der Waals surface area contributed by atoms with Crippen LogP contribution in [0.4, 0.5) is 11.4 Å².